The molecule has 1 aliphatic heterocycles. The van der Waals surface area contributed by atoms with Crippen LogP contribution in [0.1, 0.15) is 12.0 Å². The molecular formula is C20H22FN3O. The van der Waals surface area contributed by atoms with Gasteiger partial charge < -0.3 is 9.64 Å². The Morgan fingerprint density at radius 3 is 2.60 bits per heavy atom. The quantitative estimate of drug-likeness (QED) is 0.838. The second kappa shape index (κ2) is 8.50. The Morgan fingerprint density at radius 2 is 1.80 bits per heavy atom. The predicted molar refractivity (Wildman–Crippen MR) is 96.3 cm³/mol. The lowest BCUT2D eigenvalue weighted by Gasteiger charge is -2.23. The molecular weight excluding hydrogens is 317 g/mol. The van der Waals surface area contributed by atoms with E-state index in [0.29, 0.717) is 17.9 Å². The number of hydrogen-bond donors (Lipinski definition) is 0. The van der Waals surface area contributed by atoms with Crippen LogP contribution < -0.4 is 9.64 Å². The smallest absolute Gasteiger partial charge is 0.137 e. The molecule has 25 heavy (non-hydrogen) atoms. The lowest BCUT2D eigenvalue weighted by Crippen LogP contribution is -2.33. The summed E-state index contributed by atoms with van der Waals surface area (Å²) < 4.78 is 18.8. The number of ether oxygens (including phenoxy) is 1. The van der Waals surface area contributed by atoms with E-state index in [1.807, 2.05) is 30.3 Å². The van der Waals surface area contributed by atoms with Gasteiger partial charge in [-0.15, -0.1) is 0 Å². The highest BCUT2D eigenvalue weighted by Crippen LogP contribution is 2.18. The van der Waals surface area contributed by atoms with Crippen LogP contribution >= 0.6 is 0 Å². The van der Waals surface area contributed by atoms with Crippen molar-refractivity contribution in [3.8, 4) is 11.8 Å². The lowest BCUT2D eigenvalue weighted by atomic mass is 10.2. The average molecular weight is 339 g/mol. The Labute approximate surface area is 148 Å². The van der Waals surface area contributed by atoms with E-state index in [0.717, 1.165) is 44.8 Å². The van der Waals surface area contributed by atoms with Crippen LogP contribution in [0.3, 0.4) is 0 Å². The molecule has 1 heterocycles. The third-order valence-corrected chi connectivity index (χ3v) is 4.45. The summed E-state index contributed by atoms with van der Waals surface area (Å²) in [6.45, 7) is 5.24. The van der Waals surface area contributed by atoms with E-state index >= 15 is 0 Å². The molecule has 0 aliphatic carbocycles. The van der Waals surface area contributed by atoms with Crippen LogP contribution in [-0.4, -0.2) is 44.2 Å². The van der Waals surface area contributed by atoms with Gasteiger partial charge in [-0.05, 0) is 42.8 Å². The fourth-order valence-corrected chi connectivity index (χ4v) is 3.07. The SMILES string of the molecule is N#Cc1ccccc1OCCN1CCCN(c2ccc(F)cc2)CC1. The number of hydrogen-bond acceptors (Lipinski definition) is 4. The van der Waals surface area contributed by atoms with Gasteiger partial charge in [0, 0.05) is 38.4 Å². The highest BCUT2D eigenvalue weighted by atomic mass is 19.1. The molecule has 0 saturated carbocycles. The van der Waals surface area contributed by atoms with Crippen LogP contribution in [0.15, 0.2) is 48.5 Å². The number of nitriles is 1. The maximum Gasteiger partial charge on any atom is 0.137 e. The molecule has 0 atom stereocenters. The third kappa shape index (κ3) is 4.71. The zero-order valence-electron chi connectivity index (χ0n) is 14.2. The molecule has 0 spiro atoms. The fourth-order valence-electron chi connectivity index (χ4n) is 3.07. The third-order valence-electron chi connectivity index (χ3n) is 4.45. The predicted octanol–water partition coefficient (Wildman–Crippen LogP) is 3.29. The molecule has 0 radical (unpaired) electrons. The van der Waals surface area contributed by atoms with E-state index in [1.165, 1.54) is 12.1 Å². The molecule has 0 aromatic heterocycles. The summed E-state index contributed by atoms with van der Waals surface area (Å²) in [6, 6.07) is 16.2. The van der Waals surface area contributed by atoms with Crippen LogP contribution in [0.5, 0.6) is 5.75 Å². The molecule has 2 aromatic rings. The molecule has 0 bridgehead atoms. The van der Waals surface area contributed by atoms with Gasteiger partial charge in [-0.1, -0.05) is 12.1 Å². The van der Waals surface area contributed by atoms with Crippen molar-refractivity contribution in [2.24, 2.45) is 0 Å². The van der Waals surface area contributed by atoms with E-state index in [9.17, 15) is 4.39 Å². The maximum absolute atomic E-state index is 13.1. The Balaban J connectivity index is 1.48. The number of para-hydroxylation sites is 1. The molecule has 0 amide bonds. The van der Waals surface area contributed by atoms with Crippen molar-refractivity contribution in [3.05, 3.63) is 59.9 Å². The van der Waals surface area contributed by atoms with Crippen molar-refractivity contribution in [1.82, 2.24) is 4.90 Å². The van der Waals surface area contributed by atoms with Gasteiger partial charge in [0.1, 0.15) is 24.2 Å². The molecule has 1 fully saturated rings. The van der Waals surface area contributed by atoms with Crippen molar-refractivity contribution >= 4 is 5.69 Å². The summed E-state index contributed by atoms with van der Waals surface area (Å²) >= 11 is 0. The highest BCUT2D eigenvalue weighted by Gasteiger charge is 2.15. The van der Waals surface area contributed by atoms with Crippen molar-refractivity contribution in [2.75, 3.05) is 44.2 Å². The zero-order chi connectivity index (χ0) is 17.5. The van der Waals surface area contributed by atoms with Crippen LogP contribution in [0.2, 0.25) is 0 Å². The summed E-state index contributed by atoms with van der Waals surface area (Å²) in [5.41, 5.74) is 1.64. The van der Waals surface area contributed by atoms with Crippen LogP contribution in [-0.2, 0) is 0 Å². The van der Waals surface area contributed by atoms with Gasteiger partial charge in [-0.25, -0.2) is 4.39 Å². The summed E-state index contributed by atoms with van der Waals surface area (Å²) in [7, 11) is 0. The second-order valence-electron chi connectivity index (χ2n) is 6.12. The Hall–Kier alpha value is -2.58. The van der Waals surface area contributed by atoms with E-state index < -0.39 is 0 Å². The summed E-state index contributed by atoms with van der Waals surface area (Å²) in [4.78, 5) is 4.67. The first-order chi connectivity index (χ1) is 12.3. The monoisotopic (exact) mass is 339 g/mol. The molecule has 1 aliphatic rings. The minimum Gasteiger partial charge on any atom is -0.491 e. The van der Waals surface area contributed by atoms with E-state index in [-0.39, 0.29) is 5.82 Å². The van der Waals surface area contributed by atoms with Gasteiger partial charge in [-0.3, -0.25) is 4.90 Å². The van der Waals surface area contributed by atoms with Gasteiger partial charge in [0.05, 0.1) is 5.56 Å². The minimum absolute atomic E-state index is 0.199. The van der Waals surface area contributed by atoms with Crippen molar-refractivity contribution in [3.63, 3.8) is 0 Å². The molecule has 0 N–H and O–H groups in total. The topological polar surface area (TPSA) is 39.5 Å². The summed E-state index contributed by atoms with van der Waals surface area (Å²) in [5.74, 6) is 0.447. The van der Waals surface area contributed by atoms with E-state index in [1.54, 1.807) is 6.07 Å². The van der Waals surface area contributed by atoms with Crippen molar-refractivity contribution < 1.29 is 9.13 Å². The standard InChI is InChI=1S/C20H22FN3O/c21-18-6-8-19(9-7-18)24-11-3-10-23(12-13-24)14-15-25-20-5-2-1-4-17(20)16-22/h1-2,4-9H,3,10-15H2. The minimum atomic E-state index is -0.199. The average Bonchev–Trinajstić information content (AvgIpc) is 2.88. The first-order valence-electron chi connectivity index (χ1n) is 8.61. The Bertz CT molecular complexity index is 726. The number of anilines is 1. The number of halogens is 1. The van der Waals surface area contributed by atoms with Gasteiger partial charge in [0.15, 0.2) is 0 Å². The van der Waals surface area contributed by atoms with E-state index in [4.69, 9.17) is 10.00 Å². The Morgan fingerprint density at radius 1 is 1.00 bits per heavy atom. The summed E-state index contributed by atoms with van der Waals surface area (Å²) in [5, 5.41) is 9.09. The highest BCUT2D eigenvalue weighted by molar-refractivity contribution is 5.46. The molecule has 5 heteroatoms. The van der Waals surface area contributed by atoms with Crippen LogP contribution in [0.25, 0.3) is 0 Å². The van der Waals surface area contributed by atoms with Gasteiger partial charge in [0.2, 0.25) is 0 Å². The summed E-state index contributed by atoms with van der Waals surface area (Å²) in [6.07, 6.45) is 1.06. The van der Waals surface area contributed by atoms with Gasteiger partial charge >= 0.3 is 0 Å². The Kier molecular flexibility index (Phi) is 5.86. The normalized spacial score (nSPS) is 15.4. The fraction of sp³-hybridized carbons (Fsp3) is 0.350. The lowest BCUT2D eigenvalue weighted by molar-refractivity contribution is 0.218. The molecule has 1 saturated heterocycles. The van der Waals surface area contributed by atoms with Gasteiger partial charge in [0.25, 0.3) is 0 Å². The van der Waals surface area contributed by atoms with Crippen molar-refractivity contribution in [2.45, 2.75) is 6.42 Å². The molecule has 2 aromatic carbocycles. The van der Waals surface area contributed by atoms with Crippen LogP contribution in [0.4, 0.5) is 10.1 Å². The number of rotatable bonds is 5. The second-order valence-corrected chi connectivity index (χ2v) is 6.12. The maximum atomic E-state index is 13.1. The zero-order valence-corrected chi connectivity index (χ0v) is 14.2. The first kappa shape index (κ1) is 17.2. The molecule has 4 nitrogen and oxygen atoms in total. The van der Waals surface area contributed by atoms with Crippen LogP contribution in [0, 0.1) is 17.1 Å². The van der Waals surface area contributed by atoms with Crippen molar-refractivity contribution in [1.29, 1.82) is 5.26 Å². The largest absolute Gasteiger partial charge is 0.491 e. The molecule has 3 rings (SSSR count). The van der Waals surface area contributed by atoms with Gasteiger partial charge in [-0.2, -0.15) is 5.26 Å². The number of nitrogens with zero attached hydrogens (tertiary/aromatic N) is 3. The number of benzene rings is 2. The first-order valence-corrected chi connectivity index (χ1v) is 8.61. The molecule has 130 valence electrons. The molecule has 0 unspecified atom stereocenters. The van der Waals surface area contributed by atoms with E-state index in [2.05, 4.69) is 15.9 Å².